The Balaban J connectivity index is 1.79. The summed E-state index contributed by atoms with van der Waals surface area (Å²) >= 11 is -4.35. The minimum atomic E-state index is -4.35. The second-order valence-corrected chi connectivity index (χ2v) is 19.5. The van der Waals surface area contributed by atoms with Crippen LogP contribution in [-0.4, -0.2) is 11.1 Å². The molecule has 7 aromatic rings. The molecule has 0 spiro atoms. The third kappa shape index (κ3) is 8.95. The molecule has 0 saturated heterocycles. The molecule has 0 saturated carbocycles. The van der Waals surface area contributed by atoms with Crippen molar-refractivity contribution >= 4 is 26.2 Å². The molecule has 26 heteroatoms. The molecule has 7 aromatic carbocycles. The summed E-state index contributed by atoms with van der Waals surface area (Å²) in [6.07, 6.45) is 0. The second kappa shape index (κ2) is 20.0. The van der Waals surface area contributed by atoms with Crippen molar-refractivity contribution in [2.75, 3.05) is 0 Å². The van der Waals surface area contributed by atoms with Crippen LogP contribution in [0.5, 0.6) is 28.7 Å². The third-order valence-corrected chi connectivity index (χ3v) is 14.9. The molecule has 0 unspecified atom stereocenters. The van der Waals surface area contributed by atoms with Gasteiger partial charge in [0.05, 0.1) is 0 Å². The van der Waals surface area contributed by atoms with E-state index in [1.807, 2.05) is 0 Å². The zero-order valence-electron chi connectivity index (χ0n) is 35.7. The summed E-state index contributed by atoms with van der Waals surface area (Å²) < 4.78 is 320. The number of halogens is 21. The van der Waals surface area contributed by atoms with Crippen LogP contribution in [0.2, 0.25) is 0 Å². The van der Waals surface area contributed by atoms with Gasteiger partial charge in [-0.1, -0.05) is 0 Å². The van der Waals surface area contributed by atoms with Gasteiger partial charge in [-0.05, 0) is 0 Å². The molecule has 0 aliphatic heterocycles. The maximum atomic E-state index is 16.4. The summed E-state index contributed by atoms with van der Waals surface area (Å²) in [6, 6.07) is 10.6. The molecule has 0 aromatic heterocycles. The van der Waals surface area contributed by atoms with E-state index in [1.165, 1.54) is 55.5 Å². The van der Waals surface area contributed by atoms with Gasteiger partial charge >= 0.3 is 403 Å². The molecule has 0 heterocycles. The fourth-order valence-corrected chi connectivity index (χ4v) is 10.6. The maximum absolute atomic E-state index is 16.4. The van der Waals surface area contributed by atoms with Crippen molar-refractivity contribution < 1.29 is 110 Å². The summed E-state index contributed by atoms with van der Waals surface area (Å²) in [7, 11) is 0. The van der Waals surface area contributed by atoms with Crippen LogP contribution < -0.4 is 9.47 Å². The number of phenols is 1. The number of rotatable bonds is 11. The van der Waals surface area contributed by atoms with Gasteiger partial charge < -0.3 is 0 Å². The van der Waals surface area contributed by atoms with Crippen LogP contribution in [0.25, 0.3) is 22.3 Å². The van der Waals surface area contributed by atoms with Gasteiger partial charge in [-0.25, -0.2) is 0 Å². The quantitative estimate of drug-likeness (QED) is 0.0605. The summed E-state index contributed by atoms with van der Waals surface area (Å²) in [5, 5.41) is 11.9. The van der Waals surface area contributed by atoms with Gasteiger partial charge in [-0.3, -0.25) is 0 Å². The van der Waals surface area contributed by atoms with E-state index in [0.29, 0.717) is 11.1 Å². The van der Waals surface area contributed by atoms with Crippen LogP contribution in [-0.2, 0) is 3.07 Å². The number of hydrogen-bond donors (Lipinski definition) is 1. The molecule has 73 heavy (non-hydrogen) atoms. The third-order valence-electron chi connectivity index (χ3n) is 10.3. The van der Waals surface area contributed by atoms with Crippen molar-refractivity contribution in [2.24, 2.45) is 0 Å². The van der Waals surface area contributed by atoms with E-state index in [-0.39, 0.29) is 13.1 Å². The summed E-state index contributed by atoms with van der Waals surface area (Å²) in [5.74, 6) is -80.0. The first-order chi connectivity index (χ1) is 34.1. The first kappa shape index (κ1) is 53.5. The Morgan fingerprint density at radius 1 is 0.397 bits per heavy atom. The molecule has 0 aliphatic carbocycles. The number of ether oxygens (including phenoxy) is 2. The molecule has 1 N–H and O–H groups in total. The van der Waals surface area contributed by atoms with Crippen LogP contribution >= 0.6 is 20.2 Å². The number of aromatic hydroxyl groups is 1. The standard InChI is InChI=1S/C47H19F20IO5/c1-12(2)14-6-10-16(11-7-14)68(15-8-4-13(3)5-9-15)73-47(70)19-17(20-22(48)26(52)30(56)27(53)23(20)49)42(69)46(72-45-40(66)36(62)33(59)37(63)41(45)67)43(71-44-38(64)34(60)32(58)35(61)39(44)65)18(19)21-24(50)28(54)31(57)29(55)25(21)51/h4-12,69H,1-3H3. The number of benzene rings is 7. The van der Waals surface area contributed by atoms with Gasteiger partial charge in [0.1, 0.15) is 0 Å². The fourth-order valence-electron chi connectivity index (χ4n) is 6.70. The fraction of sp³-hybridized carbons (Fsp3) is 0.0851. The first-order valence-electron chi connectivity index (χ1n) is 19.6. The zero-order chi connectivity index (χ0) is 54.1. The van der Waals surface area contributed by atoms with E-state index >= 15 is 57.5 Å². The Labute approximate surface area is 401 Å². The van der Waals surface area contributed by atoms with Crippen LogP contribution in [0.1, 0.15) is 41.3 Å². The molecule has 0 radical (unpaired) electrons. The molecular weight excluding hydrogens is 1150 g/mol. The van der Waals surface area contributed by atoms with Gasteiger partial charge in [0.15, 0.2) is 0 Å². The van der Waals surface area contributed by atoms with Crippen molar-refractivity contribution in [3.63, 3.8) is 0 Å². The first-order valence-corrected chi connectivity index (χ1v) is 22.6. The van der Waals surface area contributed by atoms with E-state index in [1.54, 1.807) is 13.8 Å². The van der Waals surface area contributed by atoms with Crippen LogP contribution in [0.4, 0.5) is 87.8 Å². The van der Waals surface area contributed by atoms with Crippen molar-refractivity contribution in [2.45, 2.75) is 26.7 Å². The Kier molecular flexibility index (Phi) is 14.7. The van der Waals surface area contributed by atoms with Crippen molar-refractivity contribution in [1.29, 1.82) is 0 Å². The van der Waals surface area contributed by atoms with Crippen molar-refractivity contribution in [1.82, 2.24) is 0 Å². The van der Waals surface area contributed by atoms with Gasteiger partial charge in [0.2, 0.25) is 0 Å². The molecule has 0 bridgehead atoms. The Hall–Kier alpha value is -7.26. The zero-order valence-corrected chi connectivity index (χ0v) is 37.9. The van der Waals surface area contributed by atoms with E-state index < -0.39 is 199 Å². The predicted molar refractivity (Wildman–Crippen MR) is 220 cm³/mol. The van der Waals surface area contributed by atoms with Gasteiger partial charge in [0, 0.05) is 0 Å². The normalized spacial score (nSPS) is 11.7. The molecule has 0 atom stereocenters. The number of carbonyl (C=O) groups excluding carboxylic acids is 1. The molecule has 0 fully saturated rings. The summed E-state index contributed by atoms with van der Waals surface area (Å²) in [4.78, 5) is 15.1. The minimum absolute atomic E-state index is 0.0465. The number of hydrogen-bond acceptors (Lipinski definition) is 5. The van der Waals surface area contributed by atoms with Gasteiger partial charge in [0.25, 0.3) is 0 Å². The van der Waals surface area contributed by atoms with Crippen LogP contribution in [0.15, 0.2) is 48.5 Å². The van der Waals surface area contributed by atoms with Gasteiger partial charge in [-0.2, -0.15) is 0 Å². The Morgan fingerprint density at radius 2 is 0.699 bits per heavy atom. The number of phenolic OH excluding ortho intramolecular Hbond substituents is 1. The molecular formula is C47H19F20IO5. The predicted octanol–water partition coefficient (Wildman–Crippen LogP) is 15.8. The molecule has 5 nitrogen and oxygen atoms in total. The molecule has 0 amide bonds. The summed E-state index contributed by atoms with van der Waals surface area (Å²) in [6.45, 7) is 4.96. The number of aryl methyl sites for hydroxylation is 1. The van der Waals surface area contributed by atoms with Crippen molar-refractivity contribution in [3.8, 4) is 51.0 Å². The Bertz CT molecular complexity index is 3350. The van der Waals surface area contributed by atoms with E-state index in [0.717, 1.165) is 0 Å². The van der Waals surface area contributed by atoms with Crippen LogP contribution in [0.3, 0.4) is 0 Å². The van der Waals surface area contributed by atoms with E-state index in [4.69, 9.17) is 7.80 Å². The van der Waals surface area contributed by atoms with Crippen LogP contribution in [0, 0.1) is 130 Å². The second-order valence-electron chi connectivity index (χ2n) is 15.1. The number of carbonyl (C=O) groups is 1. The molecule has 384 valence electrons. The van der Waals surface area contributed by atoms with Crippen molar-refractivity contribution in [3.05, 3.63) is 189 Å². The van der Waals surface area contributed by atoms with E-state index in [9.17, 15) is 40.2 Å². The van der Waals surface area contributed by atoms with Gasteiger partial charge in [-0.15, -0.1) is 0 Å². The average molecular weight is 1170 g/mol. The Morgan fingerprint density at radius 3 is 1.05 bits per heavy atom. The average Bonchev–Trinajstić information content (AvgIpc) is 3.37. The molecule has 0 aliphatic rings. The monoisotopic (exact) mass is 1170 g/mol. The summed E-state index contributed by atoms with van der Waals surface area (Å²) in [5.41, 5.74) is -12.4. The molecule has 7 rings (SSSR count). The van der Waals surface area contributed by atoms with E-state index in [2.05, 4.69) is 4.74 Å². The topological polar surface area (TPSA) is 65.0 Å². The SMILES string of the molecule is Cc1ccc(I(OC(=O)c2c(-c3c(F)c(F)c(F)c(F)c3F)c(O)c(Oc3c(F)c(F)c(F)c(F)c3F)c(Oc3c(F)c(F)c(F)c(F)c3F)c2-c2c(F)c(F)c(F)c(F)c2F)c2ccc(C(C)C)cc2)cc1.